The van der Waals surface area contributed by atoms with Crippen LogP contribution in [-0.2, 0) is 16.8 Å². The third-order valence-corrected chi connectivity index (χ3v) is 2.37. The van der Waals surface area contributed by atoms with Crippen LogP contribution in [-0.4, -0.2) is 24.4 Å². The zero-order valence-corrected chi connectivity index (χ0v) is 10.9. The van der Waals surface area contributed by atoms with Crippen molar-refractivity contribution < 1.29 is 40.6 Å². The quantitative estimate of drug-likeness (QED) is 0.481. The van der Waals surface area contributed by atoms with Crippen molar-refractivity contribution in [3.8, 4) is 5.75 Å². The molecule has 1 heterocycles. The molecule has 0 unspecified atom stereocenters. The molecule has 0 amide bonds. The monoisotopic (exact) mass is 337 g/mol. The number of hydrogen-bond acceptors (Lipinski definition) is 4. The normalized spacial score (nSPS) is 12.2. The summed E-state index contributed by atoms with van der Waals surface area (Å²) >= 11 is 5.25. The summed E-state index contributed by atoms with van der Waals surface area (Å²) in [4.78, 5) is 14.1. The van der Waals surface area contributed by atoms with E-state index in [1.807, 2.05) is 0 Å². The van der Waals surface area contributed by atoms with Gasteiger partial charge in [-0.05, 0) is 6.07 Å². The smallest absolute Gasteiger partial charge is 0.464 e. The number of esters is 1. The van der Waals surface area contributed by atoms with Crippen molar-refractivity contribution in [3.05, 3.63) is 23.0 Å². The molecule has 0 atom stereocenters. The van der Waals surface area contributed by atoms with E-state index in [1.165, 1.54) is 0 Å². The summed E-state index contributed by atoms with van der Waals surface area (Å²) in [6.45, 7) is 0. The van der Waals surface area contributed by atoms with Crippen molar-refractivity contribution in [2.75, 3.05) is 7.11 Å². The number of rotatable bonds is 3. The lowest BCUT2D eigenvalue weighted by Crippen LogP contribution is -2.22. The molecule has 1 aromatic rings. The van der Waals surface area contributed by atoms with E-state index in [0.29, 0.717) is 6.07 Å². The Kier molecular flexibility index (Phi) is 4.92. The zero-order chi connectivity index (χ0) is 16.4. The molecule has 1 aromatic heterocycles. The minimum absolute atomic E-state index is 0.350. The first-order chi connectivity index (χ1) is 9.49. The number of carbonyl (C=O) groups excluding carboxylic acids is 1. The van der Waals surface area contributed by atoms with Gasteiger partial charge in [-0.3, -0.25) is 0 Å². The first kappa shape index (κ1) is 17.3. The van der Waals surface area contributed by atoms with Crippen molar-refractivity contribution in [1.29, 1.82) is 0 Å². The Balaban J connectivity index is 3.52. The van der Waals surface area contributed by atoms with Gasteiger partial charge in [0.05, 0.1) is 7.11 Å². The molecule has 0 spiro atoms. The van der Waals surface area contributed by atoms with Gasteiger partial charge in [0.25, 0.3) is 0 Å². The van der Waals surface area contributed by atoms with E-state index in [2.05, 4.69) is 14.5 Å². The molecule has 1 rings (SSSR count). The number of nitrogens with zero attached hydrogens (tertiary/aromatic N) is 1. The van der Waals surface area contributed by atoms with Crippen LogP contribution in [0.1, 0.15) is 21.7 Å². The molecule has 0 saturated heterocycles. The summed E-state index contributed by atoms with van der Waals surface area (Å²) in [5, 5.41) is 0. The lowest BCUT2D eigenvalue weighted by atomic mass is 10.1. The van der Waals surface area contributed by atoms with Gasteiger partial charge in [-0.1, -0.05) is 0 Å². The second kappa shape index (κ2) is 5.96. The average Bonchev–Trinajstić information content (AvgIpc) is 2.34. The van der Waals surface area contributed by atoms with Crippen molar-refractivity contribution in [3.63, 3.8) is 0 Å². The van der Waals surface area contributed by atoms with Crippen molar-refractivity contribution in [1.82, 2.24) is 4.98 Å². The minimum Gasteiger partial charge on any atom is -0.464 e. The highest BCUT2D eigenvalue weighted by molar-refractivity contribution is 6.17. The fraction of sp³-hybridized carbons (Fsp3) is 0.400. The average molecular weight is 338 g/mol. The molecule has 0 radical (unpaired) electrons. The summed E-state index contributed by atoms with van der Waals surface area (Å²) in [5.41, 5.74) is -3.61. The summed E-state index contributed by atoms with van der Waals surface area (Å²) in [7, 11) is 0.768. The number of hydrogen-bond donors (Lipinski definition) is 0. The number of alkyl halides is 7. The fourth-order valence-corrected chi connectivity index (χ4v) is 1.53. The number of methoxy groups -OCH3 is 1. The first-order valence-electron chi connectivity index (χ1n) is 5.00. The van der Waals surface area contributed by atoms with Gasteiger partial charge in [0.15, 0.2) is 11.4 Å². The van der Waals surface area contributed by atoms with E-state index in [1.54, 1.807) is 0 Å². The molecule has 0 bridgehead atoms. The lowest BCUT2D eigenvalue weighted by molar-refractivity contribution is -0.274. The summed E-state index contributed by atoms with van der Waals surface area (Å²) < 4.78 is 82.3. The zero-order valence-electron chi connectivity index (χ0n) is 10.1. The third-order valence-electron chi connectivity index (χ3n) is 2.08. The maximum absolute atomic E-state index is 12.7. The number of carbonyl (C=O) groups is 1. The molecule has 0 aromatic carbocycles. The van der Waals surface area contributed by atoms with Gasteiger partial charge in [0.2, 0.25) is 0 Å². The van der Waals surface area contributed by atoms with Crippen molar-refractivity contribution in [2.45, 2.75) is 18.4 Å². The van der Waals surface area contributed by atoms with E-state index in [9.17, 15) is 31.1 Å². The van der Waals surface area contributed by atoms with Crippen LogP contribution in [0.25, 0.3) is 0 Å². The second-order valence-electron chi connectivity index (χ2n) is 3.51. The van der Waals surface area contributed by atoms with Gasteiger partial charge in [0.1, 0.15) is 5.69 Å². The largest absolute Gasteiger partial charge is 0.573 e. The van der Waals surface area contributed by atoms with E-state index in [4.69, 9.17) is 11.6 Å². The predicted molar refractivity (Wildman–Crippen MR) is 56.8 cm³/mol. The Morgan fingerprint density at radius 3 is 2.24 bits per heavy atom. The maximum atomic E-state index is 12.7. The Bertz CT molecular complexity index is 543. The molecule has 0 fully saturated rings. The standard InChI is InChI=1S/C10H6ClF6NO3/c1-20-8(19)6-5(21-10(15,16)17)2-4(3-11)7(18-6)9(12,13)14/h2H,3H2,1H3. The summed E-state index contributed by atoms with van der Waals surface area (Å²) in [6.07, 6.45) is -10.2. The van der Waals surface area contributed by atoms with Gasteiger partial charge in [-0.15, -0.1) is 24.8 Å². The van der Waals surface area contributed by atoms with E-state index < -0.39 is 47.1 Å². The van der Waals surface area contributed by atoms with Crippen LogP contribution in [0.3, 0.4) is 0 Å². The van der Waals surface area contributed by atoms with Crippen LogP contribution in [0, 0.1) is 0 Å². The molecular formula is C10H6ClF6NO3. The number of aromatic nitrogens is 1. The molecule has 0 aliphatic carbocycles. The molecule has 118 valence electrons. The highest BCUT2D eigenvalue weighted by atomic mass is 35.5. The highest BCUT2D eigenvalue weighted by Crippen LogP contribution is 2.36. The first-order valence-corrected chi connectivity index (χ1v) is 5.54. The van der Waals surface area contributed by atoms with E-state index >= 15 is 0 Å². The molecular weight excluding hydrogens is 332 g/mol. The van der Waals surface area contributed by atoms with Crippen LogP contribution < -0.4 is 4.74 Å². The number of halogens is 7. The third kappa shape index (κ3) is 4.38. The van der Waals surface area contributed by atoms with Crippen molar-refractivity contribution in [2.24, 2.45) is 0 Å². The topological polar surface area (TPSA) is 48.4 Å². The van der Waals surface area contributed by atoms with Crippen LogP contribution in [0.4, 0.5) is 26.3 Å². The maximum Gasteiger partial charge on any atom is 0.573 e. The summed E-state index contributed by atoms with van der Waals surface area (Å²) in [6, 6.07) is 0.350. The van der Waals surface area contributed by atoms with Gasteiger partial charge >= 0.3 is 18.5 Å². The molecule has 21 heavy (non-hydrogen) atoms. The van der Waals surface area contributed by atoms with Gasteiger partial charge in [-0.25, -0.2) is 9.78 Å². The molecule has 0 N–H and O–H groups in total. The van der Waals surface area contributed by atoms with Gasteiger partial charge in [-0.2, -0.15) is 13.2 Å². The fourth-order valence-electron chi connectivity index (χ4n) is 1.33. The van der Waals surface area contributed by atoms with Crippen LogP contribution in [0.15, 0.2) is 6.07 Å². The second-order valence-corrected chi connectivity index (χ2v) is 3.78. The molecule has 0 aliphatic rings. The Morgan fingerprint density at radius 1 is 1.29 bits per heavy atom. The molecule has 11 heteroatoms. The lowest BCUT2D eigenvalue weighted by Gasteiger charge is -2.16. The van der Waals surface area contributed by atoms with Crippen molar-refractivity contribution >= 4 is 17.6 Å². The van der Waals surface area contributed by atoms with E-state index in [-0.39, 0.29) is 0 Å². The number of ether oxygens (including phenoxy) is 2. The van der Waals surface area contributed by atoms with Gasteiger partial charge < -0.3 is 9.47 Å². The van der Waals surface area contributed by atoms with E-state index in [0.717, 1.165) is 7.11 Å². The molecule has 4 nitrogen and oxygen atoms in total. The Labute approximate surface area is 118 Å². The Hall–Kier alpha value is -1.71. The minimum atomic E-state index is -5.23. The highest BCUT2D eigenvalue weighted by Gasteiger charge is 2.39. The summed E-state index contributed by atoms with van der Waals surface area (Å²) in [5.74, 6) is -3.52. The predicted octanol–water partition coefficient (Wildman–Crippen LogP) is 3.52. The van der Waals surface area contributed by atoms with Crippen LogP contribution >= 0.6 is 11.6 Å². The van der Waals surface area contributed by atoms with Crippen LogP contribution in [0.2, 0.25) is 0 Å². The van der Waals surface area contributed by atoms with Gasteiger partial charge in [0, 0.05) is 11.4 Å². The number of pyridine rings is 1. The van der Waals surface area contributed by atoms with Crippen LogP contribution in [0.5, 0.6) is 5.75 Å². The molecule has 0 aliphatic heterocycles. The molecule has 0 saturated carbocycles. The Morgan fingerprint density at radius 2 is 1.86 bits per heavy atom. The SMILES string of the molecule is COC(=O)c1nc(C(F)(F)F)c(CCl)cc1OC(F)(F)F.